The van der Waals surface area contributed by atoms with E-state index in [-0.39, 0.29) is 5.88 Å². The minimum atomic E-state index is -0.512. The lowest BCUT2D eigenvalue weighted by atomic mass is 10.0. The van der Waals surface area contributed by atoms with Gasteiger partial charge in [-0.05, 0) is 38.4 Å². The SMILES string of the molecule is CN(Cc1ccc([N+](=O)[O-])o1)C1CCCC1CN. The molecule has 2 N–H and O–H groups in total. The summed E-state index contributed by atoms with van der Waals surface area (Å²) in [4.78, 5) is 12.2. The van der Waals surface area contributed by atoms with Gasteiger partial charge in [-0.3, -0.25) is 15.0 Å². The van der Waals surface area contributed by atoms with E-state index in [0.29, 0.717) is 30.8 Å². The third-order valence-corrected chi connectivity index (χ3v) is 3.72. The van der Waals surface area contributed by atoms with Gasteiger partial charge in [-0.2, -0.15) is 0 Å². The Labute approximate surface area is 106 Å². The molecular formula is C12H19N3O3. The van der Waals surface area contributed by atoms with Crippen LogP contribution in [0.5, 0.6) is 0 Å². The van der Waals surface area contributed by atoms with Gasteiger partial charge in [0.2, 0.25) is 0 Å². The van der Waals surface area contributed by atoms with Gasteiger partial charge in [0, 0.05) is 6.04 Å². The molecule has 100 valence electrons. The largest absolute Gasteiger partial charge is 0.433 e. The van der Waals surface area contributed by atoms with Crippen molar-refractivity contribution in [1.82, 2.24) is 4.90 Å². The molecule has 1 fully saturated rings. The minimum Gasteiger partial charge on any atom is -0.404 e. The molecule has 2 rings (SSSR count). The normalized spacial score (nSPS) is 23.7. The first kappa shape index (κ1) is 13.0. The number of hydrogen-bond acceptors (Lipinski definition) is 5. The first-order valence-electron chi connectivity index (χ1n) is 6.25. The first-order chi connectivity index (χ1) is 8.61. The third kappa shape index (κ3) is 2.70. The second-order valence-corrected chi connectivity index (χ2v) is 4.91. The van der Waals surface area contributed by atoms with Gasteiger partial charge < -0.3 is 10.2 Å². The van der Waals surface area contributed by atoms with Crippen molar-refractivity contribution in [2.24, 2.45) is 11.7 Å². The zero-order valence-electron chi connectivity index (χ0n) is 10.5. The van der Waals surface area contributed by atoms with Crippen LogP contribution < -0.4 is 5.73 Å². The van der Waals surface area contributed by atoms with Crippen molar-refractivity contribution in [3.63, 3.8) is 0 Å². The fourth-order valence-electron chi connectivity index (χ4n) is 2.79. The molecule has 2 unspecified atom stereocenters. The van der Waals surface area contributed by atoms with Gasteiger partial charge in [0.15, 0.2) is 0 Å². The Morgan fingerprint density at radius 1 is 1.56 bits per heavy atom. The Hall–Kier alpha value is -1.40. The summed E-state index contributed by atoms with van der Waals surface area (Å²) in [5, 5.41) is 10.5. The van der Waals surface area contributed by atoms with E-state index in [1.54, 1.807) is 6.07 Å². The Kier molecular flexibility index (Phi) is 3.98. The second kappa shape index (κ2) is 5.49. The molecule has 1 aromatic rings. The molecule has 0 amide bonds. The van der Waals surface area contributed by atoms with Crippen LogP contribution in [-0.4, -0.2) is 29.5 Å². The maximum absolute atomic E-state index is 10.5. The lowest BCUT2D eigenvalue weighted by molar-refractivity contribution is -0.402. The number of rotatable bonds is 5. The van der Waals surface area contributed by atoms with E-state index in [1.165, 1.54) is 18.9 Å². The number of furan rings is 1. The molecule has 0 spiro atoms. The highest BCUT2D eigenvalue weighted by Gasteiger charge is 2.29. The molecule has 1 aliphatic carbocycles. The molecule has 6 nitrogen and oxygen atoms in total. The van der Waals surface area contributed by atoms with Crippen LogP contribution in [0.25, 0.3) is 0 Å². The lowest BCUT2D eigenvalue weighted by Gasteiger charge is -2.28. The fourth-order valence-corrected chi connectivity index (χ4v) is 2.79. The van der Waals surface area contributed by atoms with Crippen molar-refractivity contribution in [1.29, 1.82) is 0 Å². The average molecular weight is 253 g/mol. The summed E-state index contributed by atoms with van der Waals surface area (Å²) in [6.07, 6.45) is 3.51. The summed E-state index contributed by atoms with van der Waals surface area (Å²) in [5.74, 6) is 0.965. The maximum atomic E-state index is 10.5. The van der Waals surface area contributed by atoms with Gasteiger partial charge >= 0.3 is 5.88 Å². The van der Waals surface area contributed by atoms with Crippen LogP contribution in [0.1, 0.15) is 25.0 Å². The number of nitrogens with two attached hydrogens (primary N) is 1. The van der Waals surface area contributed by atoms with Gasteiger partial charge in [0.1, 0.15) is 10.7 Å². The van der Waals surface area contributed by atoms with E-state index in [4.69, 9.17) is 10.2 Å². The van der Waals surface area contributed by atoms with E-state index < -0.39 is 4.92 Å². The molecule has 0 aromatic carbocycles. The summed E-state index contributed by atoms with van der Waals surface area (Å²) >= 11 is 0. The Balaban J connectivity index is 1.97. The molecule has 0 aliphatic heterocycles. The topological polar surface area (TPSA) is 85.5 Å². The minimum absolute atomic E-state index is 0.194. The summed E-state index contributed by atoms with van der Waals surface area (Å²) in [7, 11) is 2.02. The quantitative estimate of drug-likeness (QED) is 0.638. The van der Waals surface area contributed by atoms with Crippen molar-refractivity contribution >= 4 is 5.88 Å². The molecule has 1 heterocycles. The molecule has 1 saturated carbocycles. The van der Waals surface area contributed by atoms with Gasteiger partial charge in [-0.1, -0.05) is 6.42 Å². The van der Waals surface area contributed by atoms with Crippen LogP contribution >= 0.6 is 0 Å². The lowest BCUT2D eigenvalue weighted by Crippen LogP contribution is -2.37. The van der Waals surface area contributed by atoms with Crippen molar-refractivity contribution in [2.45, 2.75) is 31.8 Å². The van der Waals surface area contributed by atoms with Crippen molar-refractivity contribution < 1.29 is 9.34 Å². The van der Waals surface area contributed by atoms with Crippen molar-refractivity contribution in [2.75, 3.05) is 13.6 Å². The van der Waals surface area contributed by atoms with Crippen molar-refractivity contribution in [3.8, 4) is 0 Å². The molecule has 2 atom stereocenters. The van der Waals surface area contributed by atoms with Gasteiger partial charge in [-0.25, -0.2) is 0 Å². The molecular weight excluding hydrogens is 234 g/mol. The number of hydrogen-bond donors (Lipinski definition) is 1. The van der Waals surface area contributed by atoms with E-state index in [9.17, 15) is 10.1 Å². The molecule has 18 heavy (non-hydrogen) atoms. The van der Waals surface area contributed by atoms with E-state index >= 15 is 0 Å². The van der Waals surface area contributed by atoms with Crippen LogP contribution in [0, 0.1) is 16.0 Å². The molecule has 1 aliphatic rings. The summed E-state index contributed by atoms with van der Waals surface area (Å²) < 4.78 is 5.17. The highest BCUT2D eigenvalue weighted by atomic mass is 16.6. The molecule has 0 bridgehead atoms. The fraction of sp³-hybridized carbons (Fsp3) is 0.667. The Morgan fingerprint density at radius 3 is 2.94 bits per heavy atom. The van der Waals surface area contributed by atoms with Crippen molar-refractivity contribution in [3.05, 3.63) is 28.0 Å². The van der Waals surface area contributed by atoms with Gasteiger partial charge in [0.05, 0.1) is 12.6 Å². The summed E-state index contributed by atoms with van der Waals surface area (Å²) in [6, 6.07) is 3.53. The Morgan fingerprint density at radius 2 is 2.33 bits per heavy atom. The third-order valence-electron chi connectivity index (χ3n) is 3.72. The zero-order chi connectivity index (χ0) is 13.1. The van der Waals surface area contributed by atoms with E-state index in [1.807, 2.05) is 7.05 Å². The molecule has 6 heteroatoms. The van der Waals surface area contributed by atoms with Crippen LogP contribution in [-0.2, 0) is 6.54 Å². The predicted octanol–water partition coefficient (Wildman–Crippen LogP) is 1.75. The van der Waals surface area contributed by atoms with Gasteiger partial charge in [0.25, 0.3) is 0 Å². The standard InChI is InChI=1S/C12H19N3O3/c1-14(11-4-2-3-9(11)7-13)8-10-5-6-12(18-10)15(16)17/h5-6,9,11H,2-4,7-8,13H2,1H3. The Bertz CT molecular complexity index is 418. The number of nitrogens with zero attached hydrogens (tertiary/aromatic N) is 2. The molecule has 1 aromatic heterocycles. The van der Waals surface area contributed by atoms with Crippen LogP contribution in [0.15, 0.2) is 16.5 Å². The van der Waals surface area contributed by atoms with Crippen LogP contribution in [0.3, 0.4) is 0 Å². The van der Waals surface area contributed by atoms with Crippen LogP contribution in [0.4, 0.5) is 5.88 Å². The average Bonchev–Trinajstić information content (AvgIpc) is 2.96. The predicted molar refractivity (Wildman–Crippen MR) is 67.0 cm³/mol. The monoisotopic (exact) mass is 253 g/mol. The zero-order valence-corrected chi connectivity index (χ0v) is 10.5. The summed E-state index contributed by atoms with van der Waals surface area (Å²) in [6.45, 7) is 1.29. The first-order valence-corrected chi connectivity index (χ1v) is 6.25. The van der Waals surface area contributed by atoms with Crippen LogP contribution in [0.2, 0.25) is 0 Å². The smallest absolute Gasteiger partial charge is 0.404 e. The highest BCUT2D eigenvalue weighted by molar-refractivity contribution is 5.17. The molecule has 0 radical (unpaired) electrons. The van der Waals surface area contributed by atoms with E-state index in [0.717, 1.165) is 6.42 Å². The highest BCUT2D eigenvalue weighted by Crippen LogP contribution is 2.29. The molecule has 0 saturated heterocycles. The second-order valence-electron chi connectivity index (χ2n) is 4.91. The van der Waals surface area contributed by atoms with Gasteiger partial charge in [-0.15, -0.1) is 0 Å². The van der Waals surface area contributed by atoms with E-state index in [2.05, 4.69) is 4.90 Å². The number of nitro groups is 1. The maximum Gasteiger partial charge on any atom is 0.433 e. The summed E-state index contributed by atoms with van der Waals surface area (Å²) in [5.41, 5.74) is 5.76.